The Morgan fingerprint density at radius 1 is 1.17 bits per heavy atom. The number of nitrogens with one attached hydrogen (secondary N) is 2. The molecule has 2 aromatic carbocycles. The summed E-state index contributed by atoms with van der Waals surface area (Å²) in [6.45, 7) is -0.801. The molecule has 150 valence electrons. The van der Waals surface area contributed by atoms with Crippen molar-refractivity contribution in [3.8, 4) is 0 Å². The van der Waals surface area contributed by atoms with E-state index in [1.54, 1.807) is 36.4 Å². The average Bonchev–Trinajstić information content (AvgIpc) is 2.73. The van der Waals surface area contributed by atoms with Crippen molar-refractivity contribution in [2.24, 2.45) is 5.10 Å². The predicted molar refractivity (Wildman–Crippen MR) is 107 cm³/mol. The maximum absolute atomic E-state index is 12.5. The van der Waals surface area contributed by atoms with Crippen molar-refractivity contribution in [3.63, 3.8) is 0 Å². The molecule has 0 aliphatic carbocycles. The van der Waals surface area contributed by atoms with Crippen molar-refractivity contribution in [3.05, 3.63) is 75.2 Å². The Morgan fingerprint density at radius 3 is 2.59 bits per heavy atom. The number of amides is 1. The number of aliphatic hydroxyl groups is 3. The zero-order valence-electron chi connectivity index (χ0n) is 14.9. The minimum Gasteiger partial charge on any atom is -0.394 e. The quantitative estimate of drug-likeness (QED) is 0.290. The predicted octanol–water partition coefficient (Wildman–Crippen LogP) is 0.425. The molecule has 2 unspecified atom stereocenters. The third-order valence-corrected chi connectivity index (χ3v) is 4.40. The zero-order valence-corrected chi connectivity index (χ0v) is 15.7. The van der Waals surface area contributed by atoms with Gasteiger partial charge in [-0.05, 0) is 24.3 Å². The molecule has 0 saturated carbocycles. The Hall–Kier alpha value is -3.11. The lowest BCUT2D eigenvalue weighted by Gasteiger charge is -2.17. The van der Waals surface area contributed by atoms with Crippen molar-refractivity contribution >= 4 is 34.3 Å². The number of H-pyrrole nitrogens is 1. The molecular formula is C19H17ClN4O5. The monoisotopic (exact) mass is 416 g/mol. The molecule has 0 aliphatic rings. The SMILES string of the molecule is O=C(NN=C(c1nc2ccccc2[nH]c1=O)C(O)C(O)CO)c1ccccc1Cl. The number of fused-ring (bicyclic) bond motifs is 1. The van der Waals surface area contributed by atoms with Crippen LogP contribution in [0, 0.1) is 0 Å². The van der Waals surface area contributed by atoms with Crippen molar-refractivity contribution < 1.29 is 20.1 Å². The highest BCUT2D eigenvalue weighted by atomic mass is 35.5. The number of aromatic nitrogens is 2. The molecule has 0 spiro atoms. The first kappa shape index (κ1) is 20.6. The van der Waals surface area contributed by atoms with E-state index in [1.807, 2.05) is 0 Å². The van der Waals surface area contributed by atoms with Gasteiger partial charge in [0, 0.05) is 0 Å². The van der Waals surface area contributed by atoms with Crippen molar-refractivity contribution in [2.45, 2.75) is 12.2 Å². The molecule has 0 aliphatic heterocycles. The second kappa shape index (κ2) is 8.93. The van der Waals surface area contributed by atoms with E-state index in [9.17, 15) is 19.8 Å². The Balaban J connectivity index is 2.05. The fourth-order valence-corrected chi connectivity index (χ4v) is 2.78. The van der Waals surface area contributed by atoms with Gasteiger partial charge in [0.1, 0.15) is 17.9 Å². The summed E-state index contributed by atoms with van der Waals surface area (Å²) in [5.41, 5.74) is 1.74. The molecule has 1 aromatic heterocycles. The molecule has 3 rings (SSSR count). The largest absolute Gasteiger partial charge is 0.394 e. The van der Waals surface area contributed by atoms with E-state index < -0.39 is 36.0 Å². The highest BCUT2D eigenvalue weighted by Gasteiger charge is 2.27. The number of halogens is 1. The van der Waals surface area contributed by atoms with E-state index in [-0.39, 0.29) is 16.3 Å². The second-order valence-electron chi connectivity index (χ2n) is 6.04. The number of para-hydroxylation sites is 2. The lowest BCUT2D eigenvalue weighted by atomic mass is 10.1. The van der Waals surface area contributed by atoms with Crippen LogP contribution in [0.1, 0.15) is 16.1 Å². The number of hydrazone groups is 1. The minimum absolute atomic E-state index is 0.120. The lowest BCUT2D eigenvalue weighted by Crippen LogP contribution is -2.41. The molecule has 0 radical (unpaired) electrons. The number of hydrogen-bond donors (Lipinski definition) is 5. The van der Waals surface area contributed by atoms with Gasteiger partial charge in [-0.1, -0.05) is 35.9 Å². The first-order chi connectivity index (χ1) is 13.9. The Labute approximate surface area is 169 Å². The van der Waals surface area contributed by atoms with Gasteiger partial charge in [0.25, 0.3) is 11.5 Å². The van der Waals surface area contributed by atoms with Crippen molar-refractivity contribution in [2.75, 3.05) is 6.61 Å². The molecule has 1 amide bonds. The summed E-state index contributed by atoms with van der Waals surface area (Å²) in [6, 6.07) is 12.9. The summed E-state index contributed by atoms with van der Waals surface area (Å²) in [5.74, 6) is -0.698. The van der Waals surface area contributed by atoms with Gasteiger partial charge < -0.3 is 20.3 Å². The summed E-state index contributed by atoms with van der Waals surface area (Å²) in [4.78, 5) is 31.6. The van der Waals surface area contributed by atoms with Gasteiger partial charge >= 0.3 is 0 Å². The van der Waals surface area contributed by atoms with Crippen LogP contribution in [-0.4, -0.2) is 55.7 Å². The number of benzene rings is 2. The molecule has 29 heavy (non-hydrogen) atoms. The first-order valence-corrected chi connectivity index (χ1v) is 8.89. The van der Waals surface area contributed by atoms with E-state index in [0.29, 0.717) is 11.0 Å². The molecule has 2 atom stereocenters. The van der Waals surface area contributed by atoms with Gasteiger partial charge in [0.15, 0.2) is 5.69 Å². The third-order valence-electron chi connectivity index (χ3n) is 4.07. The van der Waals surface area contributed by atoms with Crippen LogP contribution in [0.25, 0.3) is 11.0 Å². The van der Waals surface area contributed by atoms with Gasteiger partial charge in [0.2, 0.25) is 0 Å². The van der Waals surface area contributed by atoms with Gasteiger partial charge in [-0.3, -0.25) is 9.59 Å². The number of carbonyl (C=O) groups is 1. The van der Waals surface area contributed by atoms with E-state index in [1.165, 1.54) is 12.1 Å². The maximum atomic E-state index is 12.5. The number of rotatable bonds is 6. The summed E-state index contributed by atoms with van der Waals surface area (Å²) < 4.78 is 0. The van der Waals surface area contributed by atoms with Crippen molar-refractivity contribution in [1.29, 1.82) is 0 Å². The highest BCUT2D eigenvalue weighted by molar-refractivity contribution is 6.33. The Bertz CT molecular complexity index is 1130. The first-order valence-electron chi connectivity index (χ1n) is 8.51. The van der Waals surface area contributed by atoms with Crippen LogP contribution in [0.3, 0.4) is 0 Å². The van der Waals surface area contributed by atoms with Crippen LogP contribution in [0.2, 0.25) is 5.02 Å². The van der Waals surface area contributed by atoms with E-state index in [4.69, 9.17) is 16.7 Å². The second-order valence-corrected chi connectivity index (χ2v) is 6.45. The van der Waals surface area contributed by atoms with Gasteiger partial charge in [-0.25, -0.2) is 10.4 Å². The number of hydrogen-bond acceptors (Lipinski definition) is 7. The van der Waals surface area contributed by atoms with Crippen LogP contribution >= 0.6 is 11.6 Å². The Kier molecular flexibility index (Phi) is 6.35. The number of aliphatic hydroxyl groups excluding tert-OH is 3. The average molecular weight is 417 g/mol. The van der Waals surface area contributed by atoms with E-state index >= 15 is 0 Å². The van der Waals surface area contributed by atoms with E-state index in [2.05, 4.69) is 20.5 Å². The van der Waals surface area contributed by atoms with Crippen molar-refractivity contribution in [1.82, 2.24) is 15.4 Å². The molecule has 3 aromatic rings. The molecule has 1 heterocycles. The fourth-order valence-electron chi connectivity index (χ4n) is 2.56. The summed E-state index contributed by atoms with van der Waals surface area (Å²) in [5, 5.41) is 33.3. The van der Waals surface area contributed by atoms with E-state index in [0.717, 1.165) is 0 Å². The molecule has 9 nitrogen and oxygen atoms in total. The lowest BCUT2D eigenvalue weighted by molar-refractivity contribution is 0.0183. The molecular weight excluding hydrogens is 400 g/mol. The van der Waals surface area contributed by atoms with Gasteiger partial charge in [-0.15, -0.1) is 0 Å². The van der Waals surface area contributed by atoms with Crippen LogP contribution in [0.4, 0.5) is 0 Å². The summed E-state index contributed by atoms with van der Waals surface area (Å²) in [7, 11) is 0. The standard InChI is InChI=1S/C19H17ClN4O5/c20-11-6-2-1-5-10(11)18(28)24-23-15(17(27)14(26)9-25)16-19(29)22-13-8-4-3-7-12(13)21-16/h1-8,14,17,25-27H,9H2,(H,22,29)(H,24,28). The normalized spacial score (nSPS) is 13.9. The number of aromatic amines is 1. The van der Waals surface area contributed by atoms with Crippen LogP contribution in [-0.2, 0) is 0 Å². The van der Waals surface area contributed by atoms with Crippen LogP contribution in [0.15, 0.2) is 58.4 Å². The maximum Gasteiger partial charge on any atom is 0.276 e. The van der Waals surface area contributed by atoms with Crippen LogP contribution < -0.4 is 11.0 Å². The molecule has 0 bridgehead atoms. The Morgan fingerprint density at radius 2 is 1.86 bits per heavy atom. The molecule has 10 heteroatoms. The fraction of sp³-hybridized carbons (Fsp3) is 0.158. The van der Waals surface area contributed by atoms with Gasteiger partial charge in [0.05, 0.1) is 28.2 Å². The summed E-state index contributed by atoms with van der Waals surface area (Å²) >= 11 is 5.98. The smallest absolute Gasteiger partial charge is 0.276 e. The minimum atomic E-state index is -1.79. The highest BCUT2D eigenvalue weighted by Crippen LogP contribution is 2.15. The summed E-state index contributed by atoms with van der Waals surface area (Å²) in [6.07, 6.45) is -3.44. The zero-order chi connectivity index (χ0) is 21.0. The third kappa shape index (κ3) is 4.49. The molecule has 0 fully saturated rings. The van der Waals surface area contributed by atoms with Crippen LogP contribution in [0.5, 0.6) is 0 Å². The molecule has 5 N–H and O–H groups in total. The topological polar surface area (TPSA) is 148 Å². The number of carbonyl (C=O) groups excluding carboxylic acids is 1. The van der Waals surface area contributed by atoms with Gasteiger partial charge in [-0.2, -0.15) is 5.10 Å². The number of nitrogens with zero attached hydrogens (tertiary/aromatic N) is 2. The molecule has 0 saturated heterocycles.